The van der Waals surface area contributed by atoms with Crippen LogP contribution in [0.3, 0.4) is 0 Å². The lowest BCUT2D eigenvalue weighted by Gasteiger charge is -2.09. The molecule has 0 radical (unpaired) electrons. The topological polar surface area (TPSA) is 50.7 Å². The number of nitrogens with zero attached hydrogens (tertiary/aromatic N) is 2. The van der Waals surface area contributed by atoms with E-state index in [1.807, 2.05) is 0 Å². The maximum atomic E-state index is 13.3. The van der Waals surface area contributed by atoms with Gasteiger partial charge in [-0.25, -0.2) is 14.3 Å². The molecule has 1 N–H and O–H groups in total. The minimum Gasteiger partial charge on any atom is -0.276 e. The molecule has 3 rings (SSSR count). The van der Waals surface area contributed by atoms with Crippen molar-refractivity contribution in [3.63, 3.8) is 0 Å². The van der Waals surface area contributed by atoms with E-state index in [0.29, 0.717) is 4.88 Å². The zero-order valence-electron chi connectivity index (χ0n) is 11.8. The Labute approximate surface area is 143 Å². The zero-order valence-corrected chi connectivity index (χ0v) is 13.4. The molecular formula is C14H10ClF4N3OS. The maximum absolute atomic E-state index is 13.3. The first-order chi connectivity index (χ1) is 10.8. The van der Waals surface area contributed by atoms with Gasteiger partial charge in [-0.1, -0.05) is 6.07 Å². The molecule has 0 aliphatic heterocycles. The van der Waals surface area contributed by atoms with Crippen molar-refractivity contribution in [3.05, 3.63) is 63.4 Å². The lowest BCUT2D eigenvalue weighted by atomic mass is 10.1. The monoisotopic (exact) mass is 379 g/mol. The van der Waals surface area contributed by atoms with E-state index >= 15 is 0 Å². The summed E-state index contributed by atoms with van der Waals surface area (Å²) >= 11 is 1.23. The first kappa shape index (κ1) is 18.2. The Hall–Kier alpha value is -2.13. The Morgan fingerprint density at radius 1 is 1.21 bits per heavy atom. The number of benzene rings is 1. The number of alkyl halides is 3. The van der Waals surface area contributed by atoms with Gasteiger partial charge >= 0.3 is 11.9 Å². The summed E-state index contributed by atoms with van der Waals surface area (Å²) < 4.78 is 52.9. The summed E-state index contributed by atoms with van der Waals surface area (Å²) in [6.07, 6.45) is -3.41. The first-order valence-corrected chi connectivity index (χ1v) is 7.22. The van der Waals surface area contributed by atoms with Gasteiger partial charge in [-0.2, -0.15) is 18.3 Å². The van der Waals surface area contributed by atoms with Gasteiger partial charge in [0.1, 0.15) is 12.1 Å². The molecule has 0 saturated carbocycles. The molecule has 0 saturated heterocycles. The van der Waals surface area contributed by atoms with Crippen LogP contribution in [0.15, 0.2) is 41.5 Å². The molecule has 3 aromatic rings. The summed E-state index contributed by atoms with van der Waals surface area (Å²) in [5.74, 6) is -1.30. The highest BCUT2D eigenvalue weighted by Gasteiger charge is 2.34. The summed E-state index contributed by atoms with van der Waals surface area (Å²) in [6, 6.07) is 6.23. The summed E-state index contributed by atoms with van der Waals surface area (Å²) in [5, 5.41) is 5.85. The van der Waals surface area contributed by atoms with Crippen molar-refractivity contribution in [1.29, 1.82) is 0 Å². The van der Waals surface area contributed by atoms with Crippen LogP contribution in [0.25, 0.3) is 10.4 Å². The third-order valence-corrected chi connectivity index (χ3v) is 4.28. The summed E-state index contributed by atoms with van der Waals surface area (Å²) in [5.41, 5.74) is -1.40. The summed E-state index contributed by atoms with van der Waals surface area (Å²) in [7, 11) is 0. The molecule has 0 fully saturated rings. The smallest absolute Gasteiger partial charge is 0.276 e. The van der Waals surface area contributed by atoms with Crippen molar-refractivity contribution >= 4 is 23.7 Å². The van der Waals surface area contributed by atoms with Crippen LogP contribution >= 0.6 is 23.7 Å². The number of aromatic nitrogens is 3. The number of H-pyrrole nitrogens is 1. The highest BCUT2D eigenvalue weighted by atomic mass is 35.5. The maximum Gasteiger partial charge on any atom is 0.419 e. The fourth-order valence-corrected chi connectivity index (χ4v) is 3.07. The molecule has 0 bridgehead atoms. The second-order valence-corrected chi connectivity index (χ2v) is 5.92. The van der Waals surface area contributed by atoms with Gasteiger partial charge in [0, 0.05) is 9.75 Å². The fourth-order valence-electron chi connectivity index (χ4n) is 2.06. The van der Waals surface area contributed by atoms with E-state index in [-0.39, 0.29) is 30.2 Å². The van der Waals surface area contributed by atoms with Gasteiger partial charge in [0.2, 0.25) is 0 Å². The molecule has 2 heterocycles. The molecule has 0 amide bonds. The summed E-state index contributed by atoms with van der Waals surface area (Å²) in [6.45, 7) is 0.257. The Bertz CT molecular complexity index is 900. The Kier molecular flexibility index (Phi) is 5.14. The van der Waals surface area contributed by atoms with Gasteiger partial charge in [0.25, 0.3) is 0 Å². The SMILES string of the molecule is Cl.O=c1[nH]ncn1Cc1ccc(-c2ccc(F)c(C(F)(F)F)c2)s1. The number of rotatable bonds is 3. The van der Waals surface area contributed by atoms with E-state index in [9.17, 15) is 22.4 Å². The van der Waals surface area contributed by atoms with Crippen molar-refractivity contribution in [2.75, 3.05) is 0 Å². The van der Waals surface area contributed by atoms with Gasteiger partial charge in [-0.15, -0.1) is 23.7 Å². The summed E-state index contributed by atoms with van der Waals surface area (Å²) in [4.78, 5) is 12.7. The minimum absolute atomic E-state index is 0. The van der Waals surface area contributed by atoms with Crippen molar-refractivity contribution in [2.24, 2.45) is 0 Å². The van der Waals surface area contributed by atoms with Crippen molar-refractivity contribution < 1.29 is 17.6 Å². The lowest BCUT2D eigenvalue weighted by Crippen LogP contribution is -2.16. The number of halogens is 5. The highest BCUT2D eigenvalue weighted by molar-refractivity contribution is 7.15. The largest absolute Gasteiger partial charge is 0.419 e. The average Bonchev–Trinajstić information content (AvgIpc) is 3.09. The molecule has 0 unspecified atom stereocenters. The second kappa shape index (κ2) is 6.78. The van der Waals surface area contributed by atoms with Gasteiger partial charge in [-0.05, 0) is 29.8 Å². The number of hydrogen-bond donors (Lipinski definition) is 1. The van der Waals surface area contributed by atoms with Gasteiger partial charge in [0.15, 0.2) is 0 Å². The molecule has 4 nitrogen and oxygen atoms in total. The first-order valence-electron chi connectivity index (χ1n) is 6.40. The van der Waals surface area contributed by atoms with E-state index in [1.165, 1.54) is 28.3 Å². The lowest BCUT2D eigenvalue weighted by molar-refractivity contribution is -0.139. The van der Waals surface area contributed by atoms with E-state index in [1.54, 1.807) is 12.1 Å². The molecule has 0 atom stereocenters. The number of thiophene rings is 1. The molecule has 1 aromatic carbocycles. The van der Waals surface area contributed by atoms with Crippen LogP contribution in [0.1, 0.15) is 10.4 Å². The van der Waals surface area contributed by atoms with Gasteiger partial charge in [0.05, 0.1) is 12.1 Å². The molecule has 0 aliphatic carbocycles. The van der Waals surface area contributed by atoms with E-state index in [4.69, 9.17) is 0 Å². The predicted molar refractivity (Wildman–Crippen MR) is 83.9 cm³/mol. The Morgan fingerprint density at radius 3 is 2.58 bits per heavy atom. The molecule has 128 valence electrons. The van der Waals surface area contributed by atoms with E-state index in [0.717, 1.165) is 17.0 Å². The quantitative estimate of drug-likeness (QED) is 0.701. The Morgan fingerprint density at radius 2 is 1.96 bits per heavy atom. The zero-order chi connectivity index (χ0) is 16.6. The van der Waals surface area contributed by atoms with Crippen LogP contribution in [-0.2, 0) is 12.7 Å². The minimum atomic E-state index is -4.75. The number of aromatic amines is 1. The molecule has 24 heavy (non-hydrogen) atoms. The molecular weight excluding hydrogens is 370 g/mol. The molecule has 0 aliphatic rings. The van der Waals surface area contributed by atoms with Crippen molar-refractivity contribution in [2.45, 2.75) is 12.7 Å². The van der Waals surface area contributed by atoms with E-state index < -0.39 is 17.6 Å². The predicted octanol–water partition coefficient (Wildman–Crippen LogP) is 3.93. The van der Waals surface area contributed by atoms with Gasteiger partial charge in [-0.3, -0.25) is 4.57 Å². The molecule has 10 heteroatoms. The van der Waals surface area contributed by atoms with Gasteiger partial charge < -0.3 is 0 Å². The third-order valence-electron chi connectivity index (χ3n) is 3.16. The number of hydrogen-bond acceptors (Lipinski definition) is 3. The third kappa shape index (κ3) is 3.68. The second-order valence-electron chi connectivity index (χ2n) is 4.75. The van der Waals surface area contributed by atoms with Crippen molar-refractivity contribution in [1.82, 2.24) is 14.8 Å². The van der Waals surface area contributed by atoms with Crippen LogP contribution in [0.4, 0.5) is 17.6 Å². The highest BCUT2D eigenvalue weighted by Crippen LogP contribution is 2.36. The fraction of sp³-hybridized carbons (Fsp3) is 0.143. The average molecular weight is 380 g/mol. The molecule has 2 aromatic heterocycles. The van der Waals surface area contributed by atoms with Crippen molar-refractivity contribution in [3.8, 4) is 10.4 Å². The van der Waals surface area contributed by atoms with Crippen LogP contribution in [-0.4, -0.2) is 14.8 Å². The Balaban J connectivity index is 0.00000208. The molecule has 0 spiro atoms. The van der Waals surface area contributed by atoms with Crippen LogP contribution < -0.4 is 5.69 Å². The van der Waals surface area contributed by atoms with Crippen LogP contribution in [0, 0.1) is 5.82 Å². The number of nitrogens with one attached hydrogen (secondary N) is 1. The standard InChI is InChI=1S/C14H9F4N3OS.ClH/c15-11-3-1-8(5-10(11)14(16,17)18)12-4-2-9(23-12)6-21-7-19-20-13(21)22;/h1-5,7H,6H2,(H,20,22);1H. The van der Waals surface area contributed by atoms with Crippen LogP contribution in [0.2, 0.25) is 0 Å². The van der Waals surface area contributed by atoms with Crippen LogP contribution in [0.5, 0.6) is 0 Å². The normalized spacial score (nSPS) is 11.3. The van der Waals surface area contributed by atoms with E-state index in [2.05, 4.69) is 10.2 Å².